The van der Waals surface area contributed by atoms with E-state index >= 15 is 0 Å². The van der Waals surface area contributed by atoms with Crippen molar-refractivity contribution in [2.45, 2.75) is 6.92 Å². The van der Waals surface area contributed by atoms with E-state index in [4.69, 9.17) is 10.8 Å². The van der Waals surface area contributed by atoms with E-state index in [9.17, 15) is 19.3 Å². The van der Waals surface area contributed by atoms with E-state index in [0.717, 1.165) is 23.5 Å². The number of nitrogen functional groups attached to an aromatic ring is 1. The second-order valence-corrected chi connectivity index (χ2v) is 5.08. The van der Waals surface area contributed by atoms with Gasteiger partial charge in [-0.1, -0.05) is 0 Å². The van der Waals surface area contributed by atoms with Crippen molar-refractivity contribution < 1.29 is 19.2 Å². The summed E-state index contributed by atoms with van der Waals surface area (Å²) >= 11 is 0.863. The van der Waals surface area contributed by atoms with Gasteiger partial charge >= 0.3 is 5.97 Å². The lowest BCUT2D eigenvalue weighted by molar-refractivity contribution is -0.385. The number of halogens is 1. The molecule has 0 saturated carbocycles. The van der Waals surface area contributed by atoms with Gasteiger partial charge in [0, 0.05) is 16.5 Å². The van der Waals surface area contributed by atoms with E-state index in [1.165, 1.54) is 6.07 Å². The molecule has 0 aliphatic rings. The highest BCUT2D eigenvalue weighted by molar-refractivity contribution is 7.18. The summed E-state index contributed by atoms with van der Waals surface area (Å²) in [4.78, 5) is 21.4. The van der Waals surface area contributed by atoms with Crippen molar-refractivity contribution in [3.63, 3.8) is 0 Å². The molecule has 0 fully saturated rings. The third-order valence-electron chi connectivity index (χ3n) is 2.74. The highest BCUT2D eigenvalue weighted by Gasteiger charge is 2.20. The first-order chi connectivity index (χ1) is 9.31. The Bertz CT molecular complexity index is 726. The van der Waals surface area contributed by atoms with Crippen LogP contribution in [-0.4, -0.2) is 16.0 Å². The van der Waals surface area contributed by atoms with Crippen molar-refractivity contribution in [2.24, 2.45) is 0 Å². The number of aromatic carboxylic acids is 1. The molecule has 104 valence electrons. The van der Waals surface area contributed by atoms with Crippen molar-refractivity contribution in [2.75, 3.05) is 5.73 Å². The predicted octanol–water partition coefficient (Wildman–Crippen LogP) is 3.05. The number of nitrogens with two attached hydrogens (primary N) is 1. The Balaban J connectivity index is 2.66. The molecule has 8 heteroatoms. The fraction of sp³-hybridized carbons (Fsp3) is 0.0833. The number of nitro groups is 1. The number of carboxylic acid groups (broad SMARTS) is 1. The maximum absolute atomic E-state index is 13.4. The molecule has 2 rings (SSSR count). The molecule has 0 aliphatic carbocycles. The van der Waals surface area contributed by atoms with Crippen LogP contribution >= 0.6 is 11.3 Å². The fourth-order valence-electron chi connectivity index (χ4n) is 1.77. The SMILES string of the molecule is Cc1c(-c2cc(F)cc([N+](=O)[O-])c2)sc(C(=O)O)c1N. The molecule has 0 unspecified atom stereocenters. The predicted molar refractivity (Wildman–Crippen MR) is 72.5 cm³/mol. The molecule has 1 heterocycles. The summed E-state index contributed by atoms with van der Waals surface area (Å²) in [5, 5.41) is 19.7. The van der Waals surface area contributed by atoms with Crippen molar-refractivity contribution in [1.82, 2.24) is 0 Å². The highest BCUT2D eigenvalue weighted by Crippen LogP contribution is 2.39. The van der Waals surface area contributed by atoms with Gasteiger partial charge < -0.3 is 10.8 Å². The molecule has 0 atom stereocenters. The molecular formula is C12H9FN2O4S. The monoisotopic (exact) mass is 296 g/mol. The van der Waals surface area contributed by atoms with Crippen LogP contribution in [0.4, 0.5) is 15.8 Å². The number of nitrogens with zero attached hydrogens (tertiary/aromatic N) is 1. The molecule has 1 aromatic carbocycles. The van der Waals surface area contributed by atoms with E-state index in [-0.39, 0.29) is 16.1 Å². The lowest BCUT2D eigenvalue weighted by atomic mass is 10.1. The van der Waals surface area contributed by atoms with Crippen LogP contribution in [0.1, 0.15) is 15.2 Å². The second kappa shape index (κ2) is 4.89. The summed E-state index contributed by atoms with van der Waals surface area (Å²) in [6.45, 7) is 1.59. The van der Waals surface area contributed by atoms with Gasteiger partial charge in [-0.15, -0.1) is 11.3 Å². The first-order valence-electron chi connectivity index (χ1n) is 5.38. The third kappa shape index (κ3) is 2.32. The third-order valence-corrected chi connectivity index (χ3v) is 4.09. The number of carboxylic acids is 1. The van der Waals surface area contributed by atoms with Crippen molar-refractivity contribution in [1.29, 1.82) is 0 Å². The minimum absolute atomic E-state index is 0.0654. The van der Waals surface area contributed by atoms with E-state index in [2.05, 4.69) is 0 Å². The Morgan fingerprint density at radius 3 is 2.60 bits per heavy atom. The minimum atomic E-state index is -1.19. The number of thiophene rings is 1. The first kappa shape index (κ1) is 13.9. The Kier molecular flexibility index (Phi) is 3.41. The zero-order chi connectivity index (χ0) is 15.0. The van der Waals surface area contributed by atoms with E-state index in [0.29, 0.717) is 10.4 Å². The van der Waals surface area contributed by atoms with Gasteiger partial charge in [-0.05, 0) is 18.6 Å². The van der Waals surface area contributed by atoms with Crippen LogP contribution in [0.2, 0.25) is 0 Å². The van der Waals surface area contributed by atoms with Crippen molar-refractivity contribution >= 4 is 28.7 Å². The molecule has 20 heavy (non-hydrogen) atoms. The Hall–Kier alpha value is -2.48. The number of hydrogen-bond acceptors (Lipinski definition) is 5. The molecule has 0 amide bonds. The van der Waals surface area contributed by atoms with Crippen LogP contribution in [0.3, 0.4) is 0 Å². The van der Waals surface area contributed by atoms with Gasteiger partial charge in [0.1, 0.15) is 10.7 Å². The van der Waals surface area contributed by atoms with E-state index in [1.54, 1.807) is 6.92 Å². The molecule has 0 radical (unpaired) electrons. The maximum atomic E-state index is 13.4. The fourth-order valence-corrected chi connectivity index (χ4v) is 2.82. The Labute approximate surface area is 116 Å². The van der Waals surface area contributed by atoms with Gasteiger partial charge in [-0.25, -0.2) is 9.18 Å². The highest BCUT2D eigenvalue weighted by atomic mass is 32.1. The quantitative estimate of drug-likeness (QED) is 0.668. The van der Waals surface area contributed by atoms with Gasteiger partial charge in [0.2, 0.25) is 0 Å². The molecule has 1 aromatic heterocycles. The molecule has 0 spiro atoms. The number of hydrogen-bond donors (Lipinski definition) is 2. The lowest BCUT2D eigenvalue weighted by Gasteiger charge is -2.01. The molecule has 6 nitrogen and oxygen atoms in total. The van der Waals surface area contributed by atoms with Gasteiger partial charge in [0.25, 0.3) is 5.69 Å². The Morgan fingerprint density at radius 2 is 2.10 bits per heavy atom. The molecule has 3 N–H and O–H groups in total. The summed E-state index contributed by atoms with van der Waals surface area (Å²) in [5.74, 6) is -1.95. The minimum Gasteiger partial charge on any atom is -0.477 e. The maximum Gasteiger partial charge on any atom is 0.348 e. The number of carbonyl (C=O) groups is 1. The van der Waals surface area contributed by atoms with Crippen molar-refractivity contribution in [3.8, 4) is 10.4 Å². The number of rotatable bonds is 3. The lowest BCUT2D eigenvalue weighted by Crippen LogP contribution is -1.97. The second-order valence-electron chi connectivity index (χ2n) is 4.06. The number of non-ortho nitro benzene ring substituents is 1. The zero-order valence-electron chi connectivity index (χ0n) is 10.2. The van der Waals surface area contributed by atoms with E-state index < -0.39 is 22.4 Å². The summed E-state index contributed by atoms with van der Waals surface area (Å²) in [6.07, 6.45) is 0. The smallest absolute Gasteiger partial charge is 0.348 e. The topological polar surface area (TPSA) is 106 Å². The summed E-state index contributed by atoms with van der Waals surface area (Å²) < 4.78 is 13.4. The van der Waals surface area contributed by atoms with Crippen molar-refractivity contribution in [3.05, 3.63) is 44.6 Å². The van der Waals surface area contributed by atoms with Gasteiger partial charge in [-0.3, -0.25) is 10.1 Å². The van der Waals surface area contributed by atoms with Crippen LogP contribution < -0.4 is 5.73 Å². The normalized spacial score (nSPS) is 10.5. The largest absolute Gasteiger partial charge is 0.477 e. The average molecular weight is 296 g/mol. The number of benzene rings is 1. The zero-order valence-corrected chi connectivity index (χ0v) is 11.0. The molecule has 0 aliphatic heterocycles. The number of nitro benzene ring substituents is 1. The van der Waals surface area contributed by atoms with Crippen LogP contribution in [-0.2, 0) is 0 Å². The standard InChI is InChI=1S/C12H9FN2O4S/c1-5-9(14)11(12(16)17)20-10(5)6-2-7(13)4-8(3-6)15(18)19/h2-4H,14H2,1H3,(H,16,17). The van der Waals surface area contributed by atoms with E-state index in [1.807, 2.05) is 0 Å². The van der Waals surface area contributed by atoms with Gasteiger partial charge in [-0.2, -0.15) is 0 Å². The van der Waals surface area contributed by atoms with Gasteiger partial charge in [0.05, 0.1) is 16.7 Å². The summed E-state index contributed by atoms with van der Waals surface area (Å²) in [6, 6.07) is 3.10. The Morgan fingerprint density at radius 1 is 1.45 bits per heavy atom. The molecule has 2 aromatic rings. The van der Waals surface area contributed by atoms with Gasteiger partial charge in [0.15, 0.2) is 0 Å². The summed E-state index contributed by atoms with van der Waals surface area (Å²) in [5.41, 5.74) is 6.07. The van der Waals surface area contributed by atoms with Crippen LogP contribution in [0, 0.1) is 22.9 Å². The average Bonchev–Trinajstić information content (AvgIpc) is 2.65. The molecular weight excluding hydrogens is 287 g/mol. The van der Waals surface area contributed by atoms with Crippen LogP contribution in [0.15, 0.2) is 18.2 Å². The summed E-state index contributed by atoms with van der Waals surface area (Å²) in [7, 11) is 0. The molecule has 0 saturated heterocycles. The first-order valence-corrected chi connectivity index (χ1v) is 6.20. The van der Waals surface area contributed by atoms with Crippen LogP contribution in [0.25, 0.3) is 10.4 Å². The molecule has 0 bridgehead atoms. The number of anilines is 1. The van der Waals surface area contributed by atoms with Crippen LogP contribution in [0.5, 0.6) is 0 Å².